The summed E-state index contributed by atoms with van der Waals surface area (Å²) >= 11 is 0. The summed E-state index contributed by atoms with van der Waals surface area (Å²) in [5.74, 6) is 7.12. The Morgan fingerprint density at radius 2 is 1.53 bits per heavy atom. The fraction of sp³-hybridized carbons (Fsp3) is 0.763. The molecule has 0 heteroatoms. The molecule has 332 valence electrons. The van der Waals surface area contributed by atoms with Crippen LogP contribution in [0.25, 0.3) is 0 Å². The largest absolute Gasteiger partial charge is 0.0879 e. The topological polar surface area (TPSA) is 0 Å². The van der Waals surface area contributed by atoms with Crippen LogP contribution < -0.4 is 0 Å². The van der Waals surface area contributed by atoms with E-state index in [1.54, 1.807) is 16.7 Å². The Hall–Kier alpha value is -1.82. The third-order valence-electron chi connectivity index (χ3n) is 17.1. The van der Waals surface area contributed by atoms with Crippen molar-refractivity contribution < 1.29 is 0 Å². The van der Waals surface area contributed by atoms with Crippen LogP contribution in [-0.2, 0) is 0 Å². The zero-order valence-corrected chi connectivity index (χ0v) is 41.2. The molecule has 0 aromatic carbocycles. The van der Waals surface area contributed by atoms with Crippen LogP contribution in [0, 0.1) is 70.5 Å². The molecule has 1 fully saturated rings. The van der Waals surface area contributed by atoms with Crippen LogP contribution in [0.5, 0.6) is 0 Å². The van der Waals surface area contributed by atoms with E-state index in [1.807, 2.05) is 22.3 Å². The van der Waals surface area contributed by atoms with E-state index in [9.17, 15) is 0 Å². The predicted octanol–water partition coefficient (Wildman–Crippen LogP) is 18.7. The van der Waals surface area contributed by atoms with E-state index >= 15 is 0 Å². The molecule has 0 aliphatic heterocycles. The fourth-order valence-electron chi connectivity index (χ4n) is 13.2. The molecule has 9 unspecified atom stereocenters. The van der Waals surface area contributed by atoms with Crippen molar-refractivity contribution >= 4 is 0 Å². The smallest absolute Gasteiger partial charge is 0.00630 e. The Morgan fingerprint density at radius 3 is 2.17 bits per heavy atom. The minimum Gasteiger partial charge on any atom is -0.0879 e. The molecule has 59 heavy (non-hydrogen) atoms. The van der Waals surface area contributed by atoms with Gasteiger partial charge >= 0.3 is 0 Å². The number of hydrogen-bond donors (Lipinski definition) is 0. The Bertz CT molecular complexity index is 1540. The van der Waals surface area contributed by atoms with E-state index in [-0.39, 0.29) is 0 Å². The highest BCUT2D eigenvalue weighted by molar-refractivity contribution is 5.56. The minimum atomic E-state index is 0.390. The van der Waals surface area contributed by atoms with Crippen molar-refractivity contribution in [2.45, 2.75) is 218 Å². The molecular formula is C59H96. The van der Waals surface area contributed by atoms with E-state index in [2.05, 4.69) is 126 Å². The average molecular weight is 805 g/mol. The molecule has 5 aliphatic rings. The first-order valence-corrected chi connectivity index (χ1v) is 26.3. The van der Waals surface area contributed by atoms with Crippen LogP contribution in [0.4, 0.5) is 0 Å². The molecule has 0 spiro atoms. The normalized spacial score (nSPS) is 27.9. The summed E-state index contributed by atoms with van der Waals surface area (Å²) in [5.41, 5.74) is 13.1. The molecule has 0 bridgehead atoms. The highest BCUT2D eigenvalue weighted by Gasteiger charge is 2.50. The van der Waals surface area contributed by atoms with E-state index < -0.39 is 0 Å². The molecule has 0 saturated heterocycles. The van der Waals surface area contributed by atoms with Crippen molar-refractivity contribution in [3.05, 3.63) is 81.5 Å². The second-order valence-corrected chi connectivity index (χ2v) is 22.0. The Balaban J connectivity index is 1.72. The molecule has 0 amide bonds. The number of rotatable bonds is 23. The van der Waals surface area contributed by atoms with Gasteiger partial charge in [0.25, 0.3) is 0 Å². The predicted molar refractivity (Wildman–Crippen MR) is 262 cm³/mol. The van der Waals surface area contributed by atoms with Gasteiger partial charge in [0.05, 0.1) is 0 Å². The number of unbranched alkanes of at least 4 members (excludes halogenated alkanes) is 7. The van der Waals surface area contributed by atoms with Crippen molar-refractivity contribution in [2.24, 2.45) is 70.5 Å². The lowest BCUT2D eigenvalue weighted by Crippen LogP contribution is -2.40. The van der Waals surface area contributed by atoms with Crippen molar-refractivity contribution in [3.63, 3.8) is 0 Å². The monoisotopic (exact) mass is 805 g/mol. The number of fused-ring (bicyclic) bond motifs is 2. The second-order valence-electron chi connectivity index (χ2n) is 22.0. The van der Waals surface area contributed by atoms with Crippen LogP contribution in [0.3, 0.4) is 0 Å². The van der Waals surface area contributed by atoms with E-state index in [1.165, 1.54) is 128 Å². The summed E-state index contributed by atoms with van der Waals surface area (Å²) in [6, 6.07) is 0. The summed E-state index contributed by atoms with van der Waals surface area (Å²) < 4.78 is 0. The van der Waals surface area contributed by atoms with Gasteiger partial charge in [0.2, 0.25) is 0 Å². The van der Waals surface area contributed by atoms with Gasteiger partial charge in [-0.25, -0.2) is 0 Å². The van der Waals surface area contributed by atoms with Gasteiger partial charge in [-0.1, -0.05) is 200 Å². The molecule has 1 saturated carbocycles. The molecule has 0 nitrogen and oxygen atoms in total. The van der Waals surface area contributed by atoms with Gasteiger partial charge in [-0.15, -0.1) is 0 Å². The quantitative estimate of drug-likeness (QED) is 0.0713. The Morgan fingerprint density at radius 1 is 0.797 bits per heavy atom. The molecule has 5 rings (SSSR count). The van der Waals surface area contributed by atoms with Crippen molar-refractivity contribution in [3.8, 4) is 0 Å². The zero-order valence-electron chi connectivity index (χ0n) is 41.2. The summed E-state index contributed by atoms with van der Waals surface area (Å²) in [5, 5.41) is 0. The lowest BCUT2D eigenvalue weighted by molar-refractivity contribution is 0.149. The maximum Gasteiger partial charge on any atom is 0.00630 e. The molecule has 0 aromatic rings. The molecule has 5 aliphatic carbocycles. The molecular weight excluding hydrogens is 709 g/mol. The first-order chi connectivity index (χ1) is 28.4. The average Bonchev–Trinajstić information content (AvgIpc) is 3.73. The third kappa shape index (κ3) is 11.6. The summed E-state index contributed by atoms with van der Waals surface area (Å²) in [6.45, 7) is 30.1. The van der Waals surface area contributed by atoms with Gasteiger partial charge in [-0.2, -0.15) is 0 Å². The second kappa shape index (κ2) is 23.0. The third-order valence-corrected chi connectivity index (χ3v) is 17.1. The maximum atomic E-state index is 2.96. The highest BCUT2D eigenvalue weighted by atomic mass is 14.5. The summed E-state index contributed by atoms with van der Waals surface area (Å²) in [7, 11) is 0. The summed E-state index contributed by atoms with van der Waals surface area (Å²) in [4.78, 5) is 0. The van der Waals surface area contributed by atoms with Crippen LogP contribution >= 0.6 is 0 Å². The van der Waals surface area contributed by atoms with Crippen molar-refractivity contribution in [2.75, 3.05) is 0 Å². The first-order valence-electron chi connectivity index (χ1n) is 26.3. The Kier molecular flexibility index (Phi) is 18.8. The van der Waals surface area contributed by atoms with Crippen LogP contribution in [-0.4, -0.2) is 0 Å². The SMILES string of the molecule is CCCCCCCCCC1=C(C2CCCC2C(C)(C)CCCC)C2CC3C(=CC2C(C(C=CCC(C)C(C)C(C)C)CC)=C1C(C)C)C(CC)=CC=C3C1C=CCCC1. The zero-order chi connectivity index (χ0) is 42.7. The summed E-state index contributed by atoms with van der Waals surface area (Å²) in [6.07, 6.45) is 46.9. The first kappa shape index (κ1) is 48.2. The molecule has 0 heterocycles. The van der Waals surface area contributed by atoms with E-state index in [0.717, 1.165) is 30.1 Å². The Labute approximate surface area is 368 Å². The van der Waals surface area contributed by atoms with Gasteiger partial charge in [0, 0.05) is 11.8 Å². The standard InChI is InChI=1S/C59H96/c1-13-17-19-20-21-22-26-33-50-56(42(7)8)57(46(16-4)32-27-29-43(9)44(10)41(5)6)53-39-51-45(15-3)36-37-48(47-30-24-23-25-31-47)52(51)40-54(53)58(50)49-34-28-35-55(49)59(11,12)38-18-14-2/h24,27,30,32,36-37,39,41-44,46-47,49,52-55H,13-23,25-26,28-29,31,33-35,38,40H2,1-12H3. The van der Waals surface area contributed by atoms with Crippen LogP contribution in [0.15, 0.2) is 81.5 Å². The number of hydrogen-bond acceptors (Lipinski definition) is 0. The van der Waals surface area contributed by atoms with E-state index in [4.69, 9.17) is 0 Å². The fourth-order valence-corrected chi connectivity index (χ4v) is 13.2. The van der Waals surface area contributed by atoms with Crippen LogP contribution in [0.2, 0.25) is 0 Å². The molecule has 0 aromatic heterocycles. The van der Waals surface area contributed by atoms with Crippen molar-refractivity contribution in [1.82, 2.24) is 0 Å². The molecule has 0 radical (unpaired) electrons. The van der Waals surface area contributed by atoms with Crippen molar-refractivity contribution in [1.29, 1.82) is 0 Å². The lowest BCUT2D eigenvalue weighted by atomic mass is 9.54. The van der Waals surface area contributed by atoms with Gasteiger partial charge in [-0.05, 0) is 158 Å². The van der Waals surface area contributed by atoms with Gasteiger partial charge in [-0.3, -0.25) is 0 Å². The van der Waals surface area contributed by atoms with Crippen LogP contribution in [0.1, 0.15) is 218 Å². The molecule has 9 atom stereocenters. The lowest BCUT2D eigenvalue weighted by Gasteiger charge is -2.50. The minimum absolute atomic E-state index is 0.390. The molecule has 0 N–H and O–H groups in total. The maximum absolute atomic E-state index is 2.96. The highest BCUT2D eigenvalue weighted by Crippen LogP contribution is 2.61. The van der Waals surface area contributed by atoms with Gasteiger partial charge in [0.15, 0.2) is 0 Å². The van der Waals surface area contributed by atoms with E-state index in [0.29, 0.717) is 46.8 Å². The number of allylic oxidation sites excluding steroid dienone is 14. The van der Waals surface area contributed by atoms with Gasteiger partial charge in [0.1, 0.15) is 0 Å². The van der Waals surface area contributed by atoms with Gasteiger partial charge < -0.3 is 0 Å².